The number of alkyl halides is 3. The van der Waals surface area contributed by atoms with Crippen molar-refractivity contribution >= 4 is 32.6 Å². The lowest BCUT2D eigenvalue weighted by molar-refractivity contribution is -0.137. The highest BCUT2D eigenvalue weighted by molar-refractivity contribution is 6.23. The van der Waals surface area contributed by atoms with Crippen LogP contribution < -0.4 is 0 Å². The maximum atomic E-state index is 12.9. The molecule has 1 aromatic heterocycles. The number of imidazole rings is 1. The number of aromatic nitrogens is 2. The summed E-state index contributed by atoms with van der Waals surface area (Å²) in [6.07, 6.45) is -2.68. The van der Waals surface area contributed by atoms with Crippen molar-refractivity contribution < 1.29 is 13.2 Å². The summed E-state index contributed by atoms with van der Waals surface area (Å²) in [6.45, 7) is 0. The van der Waals surface area contributed by atoms with Gasteiger partial charge in [0.1, 0.15) is 6.33 Å². The van der Waals surface area contributed by atoms with Crippen LogP contribution in [-0.2, 0) is 6.18 Å². The number of fused-ring (bicyclic) bond motifs is 6. The Morgan fingerprint density at radius 1 is 0.667 bits per heavy atom. The van der Waals surface area contributed by atoms with E-state index in [9.17, 15) is 13.2 Å². The lowest BCUT2D eigenvalue weighted by Crippen LogP contribution is -2.04. The van der Waals surface area contributed by atoms with Crippen LogP contribution >= 0.6 is 0 Å². The molecule has 0 amide bonds. The van der Waals surface area contributed by atoms with Crippen LogP contribution in [0.2, 0.25) is 0 Å². The Bertz CT molecular complexity index is 1300. The summed E-state index contributed by atoms with van der Waals surface area (Å²) in [5.74, 6) is 0. The minimum atomic E-state index is -4.35. The third-order valence-electron chi connectivity index (χ3n) is 4.89. The molecule has 0 radical (unpaired) electrons. The number of benzene rings is 4. The smallest absolute Gasteiger partial charge is 0.298 e. The Morgan fingerprint density at radius 2 is 1.22 bits per heavy atom. The molecule has 0 bridgehead atoms. The van der Waals surface area contributed by atoms with Gasteiger partial charge >= 0.3 is 6.18 Å². The number of hydrogen-bond donors (Lipinski definition) is 0. The van der Waals surface area contributed by atoms with E-state index in [1.165, 1.54) is 12.1 Å². The van der Waals surface area contributed by atoms with Crippen molar-refractivity contribution in [3.8, 4) is 5.69 Å². The molecule has 132 valence electrons. The predicted octanol–water partition coefficient (Wildman–Crippen LogP) is 6.35. The third kappa shape index (κ3) is 2.39. The second kappa shape index (κ2) is 5.58. The van der Waals surface area contributed by atoms with Gasteiger partial charge in [-0.15, -0.1) is 0 Å². The Morgan fingerprint density at radius 3 is 1.85 bits per heavy atom. The van der Waals surface area contributed by atoms with Crippen molar-refractivity contribution in [1.29, 1.82) is 0 Å². The van der Waals surface area contributed by atoms with E-state index in [4.69, 9.17) is 0 Å². The summed E-state index contributed by atoms with van der Waals surface area (Å²) in [6, 6.07) is 21.2. The van der Waals surface area contributed by atoms with Crippen LogP contribution in [0.4, 0.5) is 13.2 Å². The Kier molecular flexibility index (Phi) is 3.28. The van der Waals surface area contributed by atoms with Gasteiger partial charge in [0.2, 0.25) is 0 Å². The molecular formula is C22H13F3N2. The van der Waals surface area contributed by atoms with E-state index in [0.717, 1.165) is 44.7 Å². The molecule has 2 nitrogen and oxygen atoms in total. The molecule has 0 fully saturated rings. The zero-order valence-corrected chi connectivity index (χ0v) is 14.0. The summed E-state index contributed by atoms with van der Waals surface area (Å²) in [5, 5.41) is 4.24. The molecule has 5 rings (SSSR count). The molecule has 0 aliphatic rings. The van der Waals surface area contributed by atoms with Crippen LogP contribution in [-0.4, -0.2) is 9.55 Å². The van der Waals surface area contributed by atoms with Gasteiger partial charge in [-0.25, -0.2) is 4.98 Å². The van der Waals surface area contributed by atoms with Gasteiger partial charge in [-0.05, 0) is 35.0 Å². The van der Waals surface area contributed by atoms with Gasteiger partial charge in [-0.1, -0.05) is 48.5 Å². The van der Waals surface area contributed by atoms with Gasteiger partial charge in [-0.3, -0.25) is 4.57 Å². The largest absolute Gasteiger partial charge is 0.416 e. The molecule has 0 saturated carbocycles. The molecular weight excluding hydrogens is 349 g/mol. The first-order valence-corrected chi connectivity index (χ1v) is 8.48. The minimum Gasteiger partial charge on any atom is -0.298 e. The van der Waals surface area contributed by atoms with Gasteiger partial charge in [0.05, 0.1) is 16.6 Å². The molecule has 0 spiro atoms. The number of hydrogen-bond acceptors (Lipinski definition) is 1. The van der Waals surface area contributed by atoms with Crippen LogP contribution in [0.15, 0.2) is 79.1 Å². The third-order valence-corrected chi connectivity index (χ3v) is 4.89. The van der Waals surface area contributed by atoms with E-state index >= 15 is 0 Å². The Balaban J connectivity index is 1.85. The monoisotopic (exact) mass is 362 g/mol. The molecule has 4 aromatic carbocycles. The van der Waals surface area contributed by atoms with Crippen LogP contribution in [0.3, 0.4) is 0 Å². The fourth-order valence-electron chi connectivity index (χ4n) is 3.66. The fraction of sp³-hybridized carbons (Fsp3) is 0.0455. The SMILES string of the molecule is FC(F)(F)c1ccc(-n2cnc3c4ccccc4c4ccccc4c32)cc1. The molecule has 27 heavy (non-hydrogen) atoms. The van der Waals surface area contributed by atoms with Gasteiger partial charge in [-0.2, -0.15) is 13.2 Å². The predicted molar refractivity (Wildman–Crippen MR) is 101 cm³/mol. The molecule has 5 aromatic rings. The number of nitrogens with zero attached hydrogens (tertiary/aromatic N) is 2. The first-order chi connectivity index (χ1) is 13.0. The fourth-order valence-corrected chi connectivity index (χ4v) is 3.66. The first-order valence-electron chi connectivity index (χ1n) is 8.48. The van der Waals surface area contributed by atoms with Crippen LogP contribution in [0.1, 0.15) is 5.56 Å². The van der Waals surface area contributed by atoms with Gasteiger partial charge in [0, 0.05) is 16.5 Å². The van der Waals surface area contributed by atoms with Crippen LogP contribution in [0.25, 0.3) is 38.3 Å². The molecule has 0 aliphatic heterocycles. The Labute approximate surface area is 152 Å². The second-order valence-corrected chi connectivity index (χ2v) is 6.45. The summed E-state index contributed by atoms with van der Waals surface area (Å²) >= 11 is 0. The molecule has 0 atom stereocenters. The normalized spacial score (nSPS) is 12.3. The van der Waals surface area contributed by atoms with Crippen molar-refractivity contribution in [2.45, 2.75) is 6.18 Å². The maximum absolute atomic E-state index is 12.9. The van der Waals surface area contributed by atoms with Crippen LogP contribution in [0, 0.1) is 0 Å². The van der Waals surface area contributed by atoms with E-state index < -0.39 is 11.7 Å². The molecule has 0 aliphatic carbocycles. The molecule has 0 unspecified atom stereocenters. The molecule has 0 saturated heterocycles. The van der Waals surface area contributed by atoms with E-state index in [1.807, 2.05) is 41.0 Å². The lowest BCUT2D eigenvalue weighted by Gasteiger charge is -2.11. The standard InChI is InChI=1S/C22H13F3N2/c23-22(24,25)14-9-11-15(12-10-14)27-13-26-20-18-7-3-1-5-16(18)17-6-2-4-8-19(17)21(20)27/h1-13H. The Hall–Kier alpha value is -3.34. The van der Waals surface area contributed by atoms with Crippen molar-refractivity contribution in [3.63, 3.8) is 0 Å². The van der Waals surface area contributed by atoms with Gasteiger partial charge < -0.3 is 0 Å². The van der Waals surface area contributed by atoms with Gasteiger partial charge in [0.25, 0.3) is 0 Å². The highest BCUT2D eigenvalue weighted by Crippen LogP contribution is 2.36. The molecule has 0 N–H and O–H groups in total. The summed E-state index contributed by atoms with van der Waals surface area (Å²) < 4.78 is 40.5. The van der Waals surface area contributed by atoms with Crippen molar-refractivity contribution in [2.24, 2.45) is 0 Å². The lowest BCUT2D eigenvalue weighted by atomic mass is 10.00. The second-order valence-electron chi connectivity index (χ2n) is 6.45. The van der Waals surface area contributed by atoms with E-state index in [2.05, 4.69) is 17.1 Å². The number of halogens is 3. The quantitative estimate of drug-likeness (QED) is 0.318. The zero-order chi connectivity index (χ0) is 18.6. The average Bonchev–Trinajstić information content (AvgIpc) is 3.13. The first kappa shape index (κ1) is 15.9. The van der Waals surface area contributed by atoms with E-state index in [0.29, 0.717) is 5.69 Å². The van der Waals surface area contributed by atoms with Crippen molar-refractivity contribution in [1.82, 2.24) is 9.55 Å². The maximum Gasteiger partial charge on any atom is 0.416 e. The average molecular weight is 362 g/mol. The van der Waals surface area contributed by atoms with Gasteiger partial charge in [0.15, 0.2) is 0 Å². The summed E-state index contributed by atoms with van der Waals surface area (Å²) in [4.78, 5) is 4.59. The molecule has 5 heteroatoms. The van der Waals surface area contributed by atoms with Crippen LogP contribution in [0.5, 0.6) is 0 Å². The highest BCUT2D eigenvalue weighted by atomic mass is 19.4. The van der Waals surface area contributed by atoms with Crippen molar-refractivity contribution in [2.75, 3.05) is 0 Å². The van der Waals surface area contributed by atoms with E-state index in [1.54, 1.807) is 6.33 Å². The molecule has 1 heterocycles. The minimum absolute atomic E-state index is 0.644. The number of rotatable bonds is 1. The zero-order valence-electron chi connectivity index (χ0n) is 14.0. The topological polar surface area (TPSA) is 17.8 Å². The van der Waals surface area contributed by atoms with Crippen molar-refractivity contribution in [3.05, 3.63) is 84.7 Å². The van der Waals surface area contributed by atoms with E-state index in [-0.39, 0.29) is 0 Å². The summed E-state index contributed by atoms with van der Waals surface area (Å²) in [7, 11) is 0. The highest BCUT2D eigenvalue weighted by Gasteiger charge is 2.30. The summed E-state index contributed by atoms with van der Waals surface area (Å²) in [5.41, 5.74) is 1.71.